The van der Waals surface area contributed by atoms with Crippen LogP contribution in [-0.2, 0) is 21.2 Å². The van der Waals surface area contributed by atoms with Crippen molar-refractivity contribution in [3.63, 3.8) is 0 Å². The molecule has 0 radical (unpaired) electrons. The molecule has 0 unspecified atom stereocenters. The topological polar surface area (TPSA) is 66.9 Å². The lowest BCUT2D eigenvalue weighted by molar-refractivity contribution is -0.129. The van der Waals surface area contributed by atoms with Crippen LogP contribution in [0.1, 0.15) is 30.4 Å². The molecule has 0 atom stereocenters. The second-order valence-electron chi connectivity index (χ2n) is 7.71. The second kappa shape index (κ2) is 10.1. The van der Waals surface area contributed by atoms with Crippen LogP contribution in [0.15, 0.2) is 53.4 Å². The summed E-state index contributed by atoms with van der Waals surface area (Å²) in [6, 6.07) is 14.4. The average Bonchev–Trinajstić information content (AvgIpc) is 2.76. The molecule has 1 aliphatic heterocycles. The summed E-state index contributed by atoms with van der Waals surface area (Å²) in [5, 5.41) is 0. The van der Waals surface area contributed by atoms with Crippen molar-refractivity contribution in [1.82, 2.24) is 9.21 Å². The van der Waals surface area contributed by atoms with Gasteiger partial charge in [-0.3, -0.25) is 4.79 Å². The molecule has 2 aromatic carbocycles. The number of carbonyl (C=O) groups excluding carboxylic acids is 1. The molecule has 1 saturated heterocycles. The Kier molecular flexibility index (Phi) is 7.50. The van der Waals surface area contributed by atoms with Gasteiger partial charge in [0.25, 0.3) is 0 Å². The Morgan fingerprint density at radius 3 is 2.37 bits per heavy atom. The minimum atomic E-state index is -3.44. The standard InChI is InChI=1S/C23H30N2O4S/c1-19-8-4-5-9-22(19)29-17-16-24(2)23(26)18-20-10-12-21(13-11-20)30(27,28)25-14-6-3-7-15-25/h4-5,8-13H,3,6-7,14-18H2,1-2H3. The van der Waals surface area contributed by atoms with Gasteiger partial charge in [-0.05, 0) is 49.1 Å². The Morgan fingerprint density at radius 1 is 1.03 bits per heavy atom. The highest BCUT2D eigenvalue weighted by atomic mass is 32.2. The summed E-state index contributed by atoms with van der Waals surface area (Å²) < 4.78 is 32.8. The number of amides is 1. The molecule has 0 spiro atoms. The predicted molar refractivity (Wildman–Crippen MR) is 117 cm³/mol. The smallest absolute Gasteiger partial charge is 0.243 e. The van der Waals surface area contributed by atoms with Gasteiger partial charge >= 0.3 is 0 Å². The zero-order chi connectivity index (χ0) is 21.6. The van der Waals surface area contributed by atoms with Crippen LogP contribution < -0.4 is 4.74 Å². The molecule has 1 aliphatic rings. The lowest BCUT2D eigenvalue weighted by Gasteiger charge is -2.25. The van der Waals surface area contributed by atoms with Crippen LogP contribution in [0.25, 0.3) is 0 Å². The molecular weight excluding hydrogens is 400 g/mol. The normalized spacial score (nSPS) is 15.0. The first kappa shape index (κ1) is 22.3. The van der Waals surface area contributed by atoms with Crippen molar-refractivity contribution in [2.45, 2.75) is 37.5 Å². The summed E-state index contributed by atoms with van der Waals surface area (Å²) in [7, 11) is -1.70. The average molecular weight is 431 g/mol. The molecule has 162 valence electrons. The van der Waals surface area contributed by atoms with Crippen molar-refractivity contribution >= 4 is 15.9 Å². The molecule has 3 rings (SSSR count). The summed E-state index contributed by atoms with van der Waals surface area (Å²) in [4.78, 5) is 14.4. The lowest BCUT2D eigenvalue weighted by atomic mass is 10.1. The number of nitrogens with zero attached hydrogens (tertiary/aromatic N) is 2. The Morgan fingerprint density at radius 2 is 1.70 bits per heavy atom. The van der Waals surface area contributed by atoms with Crippen LogP contribution in [0.4, 0.5) is 0 Å². The summed E-state index contributed by atoms with van der Waals surface area (Å²) in [6.45, 7) is 4.05. The fourth-order valence-corrected chi connectivity index (χ4v) is 5.00. The highest BCUT2D eigenvalue weighted by molar-refractivity contribution is 7.89. The zero-order valence-electron chi connectivity index (χ0n) is 17.7. The van der Waals surface area contributed by atoms with Gasteiger partial charge in [0.1, 0.15) is 12.4 Å². The van der Waals surface area contributed by atoms with Crippen molar-refractivity contribution in [3.8, 4) is 5.75 Å². The maximum atomic E-state index is 12.7. The van der Waals surface area contributed by atoms with E-state index in [0.717, 1.165) is 36.1 Å². The molecule has 6 nitrogen and oxygen atoms in total. The van der Waals surface area contributed by atoms with Gasteiger partial charge in [0.05, 0.1) is 17.9 Å². The van der Waals surface area contributed by atoms with E-state index < -0.39 is 10.0 Å². The SMILES string of the molecule is Cc1ccccc1OCCN(C)C(=O)Cc1ccc(S(=O)(=O)N2CCCCC2)cc1. The van der Waals surface area contributed by atoms with Crippen molar-refractivity contribution < 1.29 is 17.9 Å². The summed E-state index contributed by atoms with van der Waals surface area (Å²) in [5.74, 6) is 0.791. The Labute approximate surface area is 179 Å². The monoisotopic (exact) mass is 430 g/mol. The fourth-order valence-electron chi connectivity index (χ4n) is 3.48. The first-order chi connectivity index (χ1) is 14.4. The van der Waals surface area contributed by atoms with E-state index in [9.17, 15) is 13.2 Å². The maximum Gasteiger partial charge on any atom is 0.243 e. The molecule has 30 heavy (non-hydrogen) atoms. The summed E-state index contributed by atoms with van der Waals surface area (Å²) in [5.41, 5.74) is 1.86. The first-order valence-electron chi connectivity index (χ1n) is 10.4. The van der Waals surface area contributed by atoms with Crippen molar-refractivity contribution in [3.05, 3.63) is 59.7 Å². The van der Waals surface area contributed by atoms with Gasteiger partial charge in [0, 0.05) is 20.1 Å². The molecule has 0 bridgehead atoms. The summed E-state index contributed by atoms with van der Waals surface area (Å²) >= 11 is 0. The molecule has 0 aromatic heterocycles. The molecular formula is C23H30N2O4S. The number of benzene rings is 2. The van der Waals surface area contributed by atoms with E-state index in [1.54, 1.807) is 40.5 Å². The van der Waals surface area contributed by atoms with Crippen molar-refractivity contribution in [1.29, 1.82) is 0 Å². The number of sulfonamides is 1. The van der Waals surface area contributed by atoms with Gasteiger partial charge in [0.15, 0.2) is 0 Å². The van der Waals surface area contributed by atoms with E-state index in [2.05, 4.69) is 0 Å². The van der Waals surface area contributed by atoms with Gasteiger partial charge in [-0.15, -0.1) is 0 Å². The van der Waals surface area contributed by atoms with Gasteiger partial charge in [-0.2, -0.15) is 4.31 Å². The second-order valence-corrected chi connectivity index (χ2v) is 9.65. The van der Waals surface area contributed by atoms with Crippen molar-refractivity contribution in [2.75, 3.05) is 33.3 Å². The zero-order valence-corrected chi connectivity index (χ0v) is 18.5. The molecule has 0 aliphatic carbocycles. The highest BCUT2D eigenvalue weighted by Gasteiger charge is 2.25. The number of likely N-dealkylation sites (N-methyl/N-ethyl adjacent to an activating group) is 1. The number of para-hydroxylation sites is 1. The molecule has 2 aromatic rings. The maximum absolute atomic E-state index is 12.7. The quantitative estimate of drug-likeness (QED) is 0.645. The van der Waals surface area contributed by atoms with Crippen LogP contribution in [-0.4, -0.2) is 56.8 Å². The largest absolute Gasteiger partial charge is 0.491 e. The number of aryl methyl sites for hydroxylation is 1. The van der Waals surface area contributed by atoms with E-state index in [1.807, 2.05) is 31.2 Å². The number of carbonyl (C=O) groups is 1. The molecule has 1 amide bonds. The minimum Gasteiger partial charge on any atom is -0.491 e. The first-order valence-corrected chi connectivity index (χ1v) is 11.8. The minimum absolute atomic E-state index is 0.0324. The lowest BCUT2D eigenvalue weighted by Crippen LogP contribution is -2.35. The molecule has 1 heterocycles. The van der Waals surface area contributed by atoms with Crippen LogP contribution >= 0.6 is 0 Å². The van der Waals surface area contributed by atoms with Gasteiger partial charge in [-0.1, -0.05) is 36.8 Å². The number of hydrogen-bond acceptors (Lipinski definition) is 4. The van der Waals surface area contributed by atoms with Crippen LogP contribution in [0.3, 0.4) is 0 Å². The third-order valence-corrected chi connectivity index (χ3v) is 7.35. The van der Waals surface area contributed by atoms with E-state index in [4.69, 9.17) is 4.74 Å². The van der Waals surface area contributed by atoms with Gasteiger partial charge < -0.3 is 9.64 Å². The Bertz CT molecular complexity index is 951. The van der Waals surface area contributed by atoms with Gasteiger partial charge in [-0.25, -0.2) is 8.42 Å². The fraction of sp³-hybridized carbons (Fsp3) is 0.435. The van der Waals surface area contributed by atoms with Crippen LogP contribution in [0, 0.1) is 6.92 Å². The number of ether oxygens (including phenoxy) is 1. The third kappa shape index (κ3) is 5.61. The van der Waals surface area contributed by atoms with E-state index in [0.29, 0.717) is 31.1 Å². The van der Waals surface area contributed by atoms with Gasteiger partial charge in [0.2, 0.25) is 15.9 Å². The van der Waals surface area contributed by atoms with E-state index in [1.165, 1.54) is 0 Å². The number of piperidine rings is 1. The van der Waals surface area contributed by atoms with Crippen molar-refractivity contribution in [2.24, 2.45) is 0 Å². The van der Waals surface area contributed by atoms with Crippen LogP contribution in [0.5, 0.6) is 5.75 Å². The summed E-state index contributed by atoms with van der Waals surface area (Å²) in [6.07, 6.45) is 3.12. The molecule has 0 saturated carbocycles. The van der Waals surface area contributed by atoms with E-state index in [-0.39, 0.29) is 12.3 Å². The Balaban J connectivity index is 1.51. The van der Waals surface area contributed by atoms with E-state index >= 15 is 0 Å². The Hall–Kier alpha value is -2.38. The van der Waals surface area contributed by atoms with Crippen LogP contribution in [0.2, 0.25) is 0 Å². The number of rotatable bonds is 8. The molecule has 1 fully saturated rings. The molecule has 7 heteroatoms. The molecule has 0 N–H and O–H groups in total. The third-order valence-electron chi connectivity index (χ3n) is 5.44. The predicted octanol–water partition coefficient (Wildman–Crippen LogP) is 3.25. The highest BCUT2D eigenvalue weighted by Crippen LogP contribution is 2.21. The number of hydrogen-bond donors (Lipinski definition) is 0.